The fourth-order valence-corrected chi connectivity index (χ4v) is 4.64. The number of anilines is 2. The highest BCUT2D eigenvalue weighted by Gasteiger charge is 2.60. The van der Waals surface area contributed by atoms with E-state index in [1.165, 1.54) is 0 Å². The second-order valence-corrected chi connectivity index (χ2v) is 8.70. The molecule has 2 fully saturated rings. The molecule has 3 atom stereocenters. The van der Waals surface area contributed by atoms with Crippen molar-refractivity contribution in [3.63, 3.8) is 0 Å². The van der Waals surface area contributed by atoms with Crippen molar-refractivity contribution in [2.24, 2.45) is 5.92 Å². The second-order valence-electron chi connectivity index (χ2n) is 7.35. The van der Waals surface area contributed by atoms with Crippen LogP contribution in [0.5, 0.6) is 5.75 Å². The summed E-state index contributed by atoms with van der Waals surface area (Å²) in [6.45, 7) is 0. The van der Waals surface area contributed by atoms with Gasteiger partial charge in [0.25, 0.3) is 5.91 Å². The van der Waals surface area contributed by atoms with E-state index in [-0.39, 0.29) is 11.7 Å². The number of para-hydroxylation sites is 1. The molecule has 5 rings (SSSR count). The Balaban J connectivity index is 1.62. The number of phenolic OH excluding ortho intramolecular Hbond substituents is 1. The summed E-state index contributed by atoms with van der Waals surface area (Å²) < 4.78 is 0.739. The van der Waals surface area contributed by atoms with Crippen molar-refractivity contribution in [3.8, 4) is 5.75 Å². The third kappa shape index (κ3) is 3.29. The summed E-state index contributed by atoms with van der Waals surface area (Å²) in [7, 11) is 0. The number of halogens is 2. The Hall–Kier alpha value is -2.87. The summed E-state index contributed by atoms with van der Waals surface area (Å²) in [4.78, 5) is 33.9. The van der Waals surface area contributed by atoms with E-state index in [0.29, 0.717) is 22.0 Å². The molecule has 2 aliphatic heterocycles. The van der Waals surface area contributed by atoms with Gasteiger partial charge in [0.05, 0.1) is 17.4 Å². The molecule has 2 amide bonds. The molecule has 2 aliphatic rings. The van der Waals surface area contributed by atoms with Gasteiger partial charge < -0.3 is 5.11 Å². The molecule has 0 aliphatic carbocycles. The molecular weight excluding hydrogens is 484 g/mol. The lowest BCUT2D eigenvalue weighted by molar-refractivity contribution is -0.126. The van der Waals surface area contributed by atoms with Crippen molar-refractivity contribution in [3.05, 3.63) is 87.9 Å². The molecule has 31 heavy (non-hydrogen) atoms. The average Bonchev–Trinajstić information content (AvgIpc) is 3.28. The fourth-order valence-electron chi connectivity index (χ4n) is 4.14. The third-order valence-electron chi connectivity index (χ3n) is 5.52. The van der Waals surface area contributed by atoms with E-state index in [1.807, 2.05) is 30.3 Å². The molecule has 1 N–H and O–H groups in total. The molecule has 3 aromatic rings. The van der Waals surface area contributed by atoms with Crippen molar-refractivity contribution < 1.29 is 19.5 Å². The van der Waals surface area contributed by atoms with Crippen LogP contribution in [0.25, 0.3) is 0 Å². The number of phenols is 1. The first kappa shape index (κ1) is 20.1. The SMILES string of the molecule is O=C1[C@@H]2[C@H](ON(c3ccccc3)[C@H]2c2cc(Br)ccc2O)C(=O)N1c1ccc(Cl)cc1. The van der Waals surface area contributed by atoms with Crippen LogP contribution in [0.4, 0.5) is 11.4 Å². The number of fused-ring (bicyclic) bond motifs is 1. The smallest absolute Gasteiger partial charge is 0.266 e. The zero-order chi connectivity index (χ0) is 21.7. The fraction of sp³-hybridized carbons (Fsp3) is 0.130. The number of imide groups is 1. The Morgan fingerprint density at radius 2 is 1.61 bits per heavy atom. The van der Waals surface area contributed by atoms with Gasteiger partial charge in [-0.2, -0.15) is 0 Å². The zero-order valence-electron chi connectivity index (χ0n) is 16.0. The van der Waals surface area contributed by atoms with Crippen LogP contribution < -0.4 is 9.96 Å². The molecular formula is C23H16BrClN2O4. The first-order chi connectivity index (χ1) is 15.0. The van der Waals surface area contributed by atoms with Crippen molar-refractivity contribution in [1.29, 1.82) is 0 Å². The largest absolute Gasteiger partial charge is 0.508 e. The van der Waals surface area contributed by atoms with Gasteiger partial charge in [-0.15, -0.1) is 0 Å². The van der Waals surface area contributed by atoms with Gasteiger partial charge in [0, 0.05) is 15.1 Å². The Morgan fingerprint density at radius 1 is 0.903 bits per heavy atom. The van der Waals surface area contributed by atoms with Gasteiger partial charge in [-0.05, 0) is 54.6 Å². The monoisotopic (exact) mass is 498 g/mol. The van der Waals surface area contributed by atoms with Crippen LogP contribution in [-0.2, 0) is 14.4 Å². The predicted octanol–water partition coefficient (Wildman–Crippen LogP) is 4.86. The number of hydroxylamine groups is 1. The minimum absolute atomic E-state index is 0.0172. The topological polar surface area (TPSA) is 70.1 Å². The quantitative estimate of drug-likeness (QED) is 0.521. The maximum atomic E-state index is 13.5. The standard InChI is InChI=1S/C23H16BrClN2O4/c24-13-6-11-18(28)17(12-13)20-19-21(31-27(20)16-4-2-1-3-5-16)23(30)26(22(19)29)15-9-7-14(25)8-10-15/h1-12,19-21,28H/t19-,20-,21-/m0/s1. The van der Waals surface area contributed by atoms with E-state index in [0.717, 1.165) is 9.37 Å². The first-order valence-electron chi connectivity index (χ1n) is 9.58. The molecule has 2 heterocycles. The van der Waals surface area contributed by atoms with E-state index < -0.39 is 24.0 Å². The second kappa shape index (κ2) is 7.67. The Morgan fingerprint density at radius 3 is 2.32 bits per heavy atom. The molecule has 3 aromatic carbocycles. The highest BCUT2D eigenvalue weighted by Crippen LogP contribution is 2.49. The highest BCUT2D eigenvalue weighted by molar-refractivity contribution is 9.10. The number of carbonyl (C=O) groups is 2. The van der Waals surface area contributed by atoms with Crippen LogP contribution in [0.3, 0.4) is 0 Å². The third-order valence-corrected chi connectivity index (χ3v) is 6.26. The Bertz CT molecular complexity index is 1170. The molecule has 0 spiro atoms. The van der Waals surface area contributed by atoms with Crippen molar-refractivity contribution in [2.45, 2.75) is 12.1 Å². The number of aromatic hydroxyl groups is 1. The predicted molar refractivity (Wildman–Crippen MR) is 120 cm³/mol. The first-order valence-corrected chi connectivity index (χ1v) is 10.8. The van der Waals surface area contributed by atoms with E-state index in [1.54, 1.807) is 47.5 Å². The van der Waals surface area contributed by atoms with Gasteiger partial charge in [0.15, 0.2) is 6.10 Å². The molecule has 0 aromatic heterocycles. The molecule has 0 bridgehead atoms. The highest BCUT2D eigenvalue weighted by atomic mass is 79.9. The number of rotatable bonds is 3. The normalized spacial score (nSPS) is 22.8. The van der Waals surface area contributed by atoms with Crippen LogP contribution in [0.15, 0.2) is 77.3 Å². The van der Waals surface area contributed by atoms with Crippen molar-refractivity contribution >= 4 is 50.7 Å². The number of benzene rings is 3. The van der Waals surface area contributed by atoms with E-state index in [2.05, 4.69) is 15.9 Å². The summed E-state index contributed by atoms with van der Waals surface area (Å²) in [5, 5.41) is 12.7. The van der Waals surface area contributed by atoms with Crippen LogP contribution in [0.2, 0.25) is 5.02 Å². The Labute approximate surface area is 191 Å². The zero-order valence-corrected chi connectivity index (χ0v) is 18.3. The number of hydrogen-bond acceptors (Lipinski definition) is 5. The van der Waals surface area contributed by atoms with Gasteiger partial charge in [0.1, 0.15) is 11.7 Å². The van der Waals surface area contributed by atoms with E-state index >= 15 is 0 Å². The summed E-state index contributed by atoms with van der Waals surface area (Å²) in [5.74, 6) is -1.65. The lowest BCUT2D eigenvalue weighted by atomic mass is 9.90. The minimum Gasteiger partial charge on any atom is -0.508 e. The van der Waals surface area contributed by atoms with Crippen molar-refractivity contribution in [2.75, 3.05) is 9.96 Å². The number of carbonyl (C=O) groups excluding carboxylic acids is 2. The van der Waals surface area contributed by atoms with E-state index in [9.17, 15) is 14.7 Å². The lowest BCUT2D eigenvalue weighted by Gasteiger charge is -2.29. The summed E-state index contributed by atoms with van der Waals surface area (Å²) >= 11 is 9.39. The molecule has 156 valence electrons. The van der Waals surface area contributed by atoms with E-state index in [4.69, 9.17) is 16.4 Å². The van der Waals surface area contributed by atoms with Gasteiger partial charge in [-0.1, -0.05) is 45.7 Å². The maximum absolute atomic E-state index is 13.5. The maximum Gasteiger partial charge on any atom is 0.266 e. The van der Waals surface area contributed by atoms with Crippen LogP contribution in [0.1, 0.15) is 11.6 Å². The Kier molecular flexibility index (Phi) is 4.97. The molecule has 8 heteroatoms. The van der Waals surface area contributed by atoms with Gasteiger partial charge in [-0.3, -0.25) is 14.4 Å². The average molecular weight is 500 g/mol. The van der Waals surface area contributed by atoms with Gasteiger partial charge >= 0.3 is 0 Å². The van der Waals surface area contributed by atoms with Crippen LogP contribution in [-0.4, -0.2) is 23.0 Å². The number of hydrogen-bond donors (Lipinski definition) is 1. The molecule has 0 radical (unpaired) electrons. The summed E-state index contributed by atoms with van der Waals surface area (Å²) in [5.41, 5.74) is 1.60. The van der Waals surface area contributed by atoms with Crippen LogP contribution >= 0.6 is 27.5 Å². The number of nitrogens with zero attached hydrogens (tertiary/aromatic N) is 2. The molecule has 2 saturated heterocycles. The molecule has 0 saturated carbocycles. The molecule has 0 unspecified atom stereocenters. The summed E-state index contributed by atoms with van der Waals surface area (Å²) in [6, 6.07) is 20.0. The van der Waals surface area contributed by atoms with Gasteiger partial charge in [-0.25, -0.2) is 9.96 Å². The minimum atomic E-state index is -1.01. The van der Waals surface area contributed by atoms with Crippen LogP contribution in [0, 0.1) is 5.92 Å². The van der Waals surface area contributed by atoms with Crippen molar-refractivity contribution in [1.82, 2.24) is 0 Å². The lowest BCUT2D eigenvalue weighted by Crippen LogP contribution is -2.37. The summed E-state index contributed by atoms with van der Waals surface area (Å²) in [6.07, 6.45) is -1.01. The number of amides is 2. The van der Waals surface area contributed by atoms with Gasteiger partial charge in [0.2, 0.25) is 5.91 Å². The molecule has 6 nitrogen and oxygen atoms in total.